The Labute approximate surface area is 108 Å². The molecule has 1 rings (SSSR count). The summed E-state index contributed by atoms with van der Waals surface area (Å²) in [5.74, 6) is -1.47. The zero-order chi connectivity index (χ0) is 12.8. The summed E-state index contributed by atoms with van der Waals surface area (Å²) in [5, 5.41) is 10.2. The summed E-state index contributed by atoms with van der Waals surface area (Å²) >= 11 is 3.25. The second kappa shape index (κ2) is 6.59. The predicted molar refractivity (Wildman–Crippen MR) is 68.1 cm³/mol. The van der Waals surface area contributed by atoms with Crippen LogP contribution in [-0.4, -0.2) is 34.3 Å². The molecule has 94 valence electrons. The highest BCUT2D eigenvalue weighted by Crippen LogP contribution is 2.21. The molecule has 0 aliphatic heterocycles. The van der Waals surface area contributed by atoms with Crippen molar-refractivity contribution in [1.82, 2.24) is 4.90 Å². The number of carbonyl (C=O) groups is 1. The van der Waals surface area contributed by atoms with Crippen LogP contribution >= 0.6 is 15.9 Å². The summed E-state index contributed by atoms with van der Waals surface area (Å²) in [5.41, 5.74) is -0.248. The Bertz CT molecular complexity index is 372. The lowest BCUT2D eigenvalue weighted by molar-refractivity contribution is 0.0758. The molecule has 0 atom stereocenters. The summed E-state index contributed by atoms with van der Waals surface area (Å²) in [6, 6.07) is 3.86. The van der Waals surface area contributed by atoms with Crippen LogP contribution in [-0.2, 0) is 0 Å². The van der Waals surface area contributed by atoms with Crippen molar-refractivity contribution in [1.29, 1.82) is 0 Å². The van der Waals surface area contributed by atoms with Gasteiger partial charge >= 0.3 is 0 Å². The number of halogens is 2. The van der Waals surface area contributed by atoms with E-state index in [0.717, 1.165) is 6.42 Å². The van der Waals surface area contributed by atoms with Crippen molar-refractivity contribution >= 4 is 21.8 Å². The van der Waals surface area contributed by atoms with Gasteiger partial charge in [0.1, 0.15) is 17.1 Å². The molecule has 0 aliphatic rings. The van der Waals surface area contributed by atoms with Crippen molar-refractivity contribution in [2.24, 2.45) is 0 Å². The molecule has 3 nitrogen and oxygen atoms in total. The number of carbonyl (C=O) groups excluding carboxylic acids is 1. The highest BCUT2D eigenvalue weighted by atomic mass is 79.9. The molecule has 0 saturated heterocycles. The number of benzene rings is 1. The Morgan fingerprint density at radius 2 is 2.18 bits per heavy atom. The van der Waals surface area contributed by atoms with Crippen LogP contribution in [0.1, 0.15) is 23.7 Å². The van der Waals surface area contributed by atoms with Gasteiger partial charge < -0.3 is 10.0 Å². The lowest BCUT2D eigenvalue weighted by Gasteiger charge is -2.21. The van der Waals surface area contributed by atoms with Gasteiger partial charge in [0.15, 0.2) is 0 Å². The molecule has 1 amide bonds. The molecule has 0 radical (unpaired) electrons. The van der Waals surface area contributed by atoms with Crippen LogP contribution in [0.3, 0.4) is 0 Å². The average Bonchev–Trinajstić information content (AvgIpc) is 2.28. The highest BCUT2D eigenvalue weighted by molar-refractivity contribution is 9.09. The van der Waals surface area contributed by atoms with E-state index < -0.39 is 11.7 Å². The standard InChI is InChI=1S/C12H15BrFNO2/c1-2-7-15(8-6-13)12(17)11-9(14)4-3-5-10(11)16/h3-5,16H,2,6-8H2,1H3. The molecule has 1 aromatic carbocycles. The Kier molecular flexibility index (Phi) is 5.41. The van der Waals surface area contributed by atoms with E-state index in [1.54, 1.807) is 0 Å². The third-order valence-corrected chi connectivity index (χ3v) is 2.70. The van der Waals surface area contributed by atoms with Crippen molar-refractivity contribution in [3.05, 3.63) is 29.6 Å². The molecular weight excluding hydrogens is 289 g/mol. The molecule has 0 fully saturated rings. The van der Waals surface area contributed by atoms with Gasteiger partial charge in [0.25, 0.3) is 5.91 Å². The molecule has 0 spiro atoms. The van der Waals surface area contributed by atoms with E-state index in [2.05, 4.69) is 15.9 Å². The van der Waals surface area contributed by atoms with Crippen LogP contribution in [0.4, 0.5) is 4.39 Å². The van der Waals surface area contributed by atoms with E-state index in [4.69, 9.17) is 0 Å². The number of rotatable bonds is 5. The maximum atomic E-state index is 13.5. The molecule has 1 N–H and O–H groups in total. The van der Waals surface area contributed by atoms with E-state index in [0.29, 0.717) is 18.4 Å². The SMILES string of the molecule is CCCN(CCBr)C(=O)c1c(O)cccc1F. The minimum Gasteiger partial charge on any atom is -0.507 e. The van der Waals surface area contributed by atoms with Crippen LogP contribution < -0.4 is 0 Å². The smallest absolute Gasteiger partial charge is 0.260 e. The minimum atomic E-state index is -0.689. The normalized spacial score (nSPS) is 10.3. The number of phenolic OH excluding ortho intramolecular Hbond substituents is 1. The van der Waals surface area contributed by atoms with Crippen LogP contribution in [0.25, 0.3) is 0 Å². The molecule has 0 heterocycles. The molecule has 0 aromatic heterocycles. The van der Waals surface area contributed by atoms with Crippen LogP contribution in [0.2, 0.25) is 0 Å². The fourth-order valence-electron chi connectivity index (χ4n) is 1.57. The first-order valence-corrected chi connectivity index (χ1v) is 6.56. The monoisotopic (exact) mass is 303 g/mol. The van der Waals surface area contributed by atoms with Gasteiger partial charge in [0.2, 0.25) is 0 Å². The predicted octanol–water partition coefficient (Wildman–Crippen LogP) is 2.78. The van der Waals surface area contributed by atoms with Crippen LogP contribution in [0.5, 0.6) is 5.75 Å². The lowest BCUT2D eigenvalue weighted by atomic mass is 10.1. The summed E-state index contributed by atoms with van der Waals surface area (Å²) in [7, 11) is 0. The van der Waals surface area contributed by atoms with Gasteiger partial charge in [-0.05, 0) is 18.6 Å². The van der Waals surface area contributed by atoms with Gasteiger partial charge in [-0.15, -0.1) is 0 Å². The summed E-state index contributed by atoms with van der Waals surface area (Å²) < 4.78 is 13.5. The number of alkyl halides is 1. The molecule has 0 bridgehead atoms. The highest BCUT2D eigenvalue weighted by Gasteiger charge is 2.21. The van der Waals surface area contributed by atoms with E-state index in [1.165, 1.54) is 23.1 Å². The second-order valence-corrected chi connectivity index (χ2v) is 4.41. The summed E-state index contributed by atoms with van der Waals surface area (Å²) in [4.78, 5) is 13.6. The Hall–Kier alpha value is -1.10. The van der Waals surface area contributed by atoms with Gasteiger partial charge in [-0.3, -0.25) is 4.79 Å². The zero-order valence-electron chi connectivity index (χ0n) is 9.62. The van der Waals surface area contributed by atoms with Crippen LogP contribution in [0, 0.1) is 5.82 Å². The average molecular weight is 304 g/mol. The quantitative estimate of drug-likeness (QED) is 0.850. The number of hydrogen-bond donors (Lipinski definition) is 1. The number of nitrogens with zero attached hydrogens (tertiary/aromatic N) is 1. The maximum absolute atomic E-state index is 13.5. The first-order valence-electron chi connectivity index (χ1n) is 5.44. The first-order chi connectivity index (χ1) is 8.11. The molecule has 1 aromatic rings. The van der Waals surface area contributed by atoms with Gasteiger partial charge in [-0.2, -0.15) is 0 Å². The number of phenols is 1. The summed E-state index contributed by atoms with van der Waals surface area (Å²) in [6.45, 7) is 2.97. The van der Waals surface area contributed by atoms with Crippen molar-refractivity contribution in [3.63, 3.8) is 0 Å². The van der Waals surface area contributed by atoms with Gasteiger partial charge in [-0.25, -0.2) is 4.39 Å². The molecule has 17 heavy (non-hydrogen) atoms. The van der Waals surface area contributed by atoms with Crippen molar-refractivity contribution < 1.29 is 14.3 Å². The Morgan fingerprint density at radius 1 is 1.47 bits per heavy atom. The van der Waals surface area contributed by atoms with Gasteiger partial charge in [-0.1, -0.05) is 28.9 Å². The summed E-state index contributed by atoms with van der Waals surface area (Å²) in [6.07, 6.45) is 0.786. The molecule has 5 heteroatoms. The maximum Gasteiger partial charge on any atom is 0.260 e. The van der Waals surface area contributed by atoms with Gasteiger partial charge in [0.05, 0.1) is 0 Å². The van der Waals surface area contributed by atoms with Crippen LogP contribution in [0.15, 0.2) is 18.2 Å². The first kappa shape index (κ1) is 14.0. The third kappa shape index (κ3) is 3.43. The third-order valence-electron chi connectivity index (χ3n) is 2.34. The zero-order valence-corrected chi connectivity index (χ0v) is 11.2. The molecular formula is C12H15BrFNO2. The lowest BCUT2D eigenvalue weighted by Crippen LogP contribution is -2.34. The minimum absolute atomic E-state index is 0.248. The van der Waals surface area contributed by atoms with Gasteiger partial charge in [0, 0.05) is 18.4 Å². The molecule has 0 unspecified atom stereocenters. The van der Waals surface area contributed by atoms with E-state index in [9.17, 15) is 14.3 Å². The topological polar surface area (TPSA) is 40.5 Å². The molecule has 0 saturated carbocycles. The molecule has 0 aliphatic carbocycles. The second-order valence-electron chi connectivity index (χ2n) is 3.62. The Morgan fingerprint density at radius 3 is 2.71 bits per heavy atom. The fraction of sp³-hybridized carbons (Fsp3) is 0.417. The number of amides is 1. The van der Waals surface area contributed by atoms with E-state index >= 15 is 0 Å². The van der Waals surface area contributed by atoms with Crippen molar-refractivity contribution in [2.45, 2.75) is 13.3 Å². The number of aromatic hydroxyl groups is 1. The van der Waals surface area contributed by atoms with Crippen molar-refractivity contribution in [2.75, 3.05) is 18.4 Å². The van der Waals surface area contributed by atoms with E-state index in [-0.39, 0.29) is 11.3 Å². The van der Waals surface area contributed by atoms with E-state index in [1.807, 2.05) is 6.92 Å². The van der Waals surface area contributed by atoms with Crippen molar-refractivity contribution in [3.8, 4) is 5.75 Å². The Balaban J connectivity index is 3.00. The number of hydrogen-bond acceptors (Lipinski definition) is 2. The largest absolute Gasteiger partial charge is 0.507 e. The fourth-order valence-corrected chi connectivity index (χ4v) is 2.00.